The maximum absolute atomic E-state index is 12.5. The molecule has 25 heavy (non-hydrogen) atoms. The largest absolute Gasteiger partial charge is 0.474 e. The Labute approximate surface area is 146 Å². The number of rotatable bonds is 6. The number of hydrogen-bond acceptors (Lipinski definition) is 6. The van der Waals surface area contributed by atoms with Crippen molar-refractivity contribution in [3.05, 3.63) is 28.3 Å². The average Bonchev–Trinajstić information content (AvgIpc) is 3.09. The average molecular weight is 371 g/mol. The molecule has 0 saturated carbocycles. The Morgan fingerprint density at radius 2 is 1.92 bits per heavy atom. The summed E-state index contributed by atoms with van der Waals surface area (Å²) in [4.78, 5) is 23.6. The van der Waals surface area contributed by atoms with Gasteiger partial charge in [0.2, 0.25) is 10.0 Å². The van der Waals surface area contributed by atoms with Crippen molar-refractivity contribution in [2.24, 2.45) is 0 Å². The summed E-state index contributed by atoms with van der Waals surface area (Å²) in [6, 6.07) is 3.47. The number of likely N-dealkylation sites (N-methyl/N-ethyl adjacent to an activating group) is 1. The number of ether oxygens (including phenoxy) is 1. The normalized spacial score (nSPS) is 16.4. The van der Waals surface area contributed by atoms with E-state index in [0.717, 1.165) is 18.9 Å². The highest BCUT2D eigenvalue weighted by molar-refractivity contribution is 7.89. The zero-order chi connectivity index (χ0) is 18.8. The Balaban J connectivity index is 2.35. The van der Waals surface area contributed by atoms with Crippen LogP contribution in [-0.2, 0) is 14.8 Å². The van der Waals surface area contributed by atoms with E-state index in [4.69, 9.17) is 4.74 Å². The lowest BCUT2D eigenvalue weighted by molar-refractivity contribution is -0.386. The van der Waals surface area contributed by atoms with Crippen LogP contribution in [0.3, 0.4) is 0 Å². The van der Waals surface area contributed by atoms with Crippen molar-refractivity contribution in [2.45, 2.75) is 30.8 Å². The van der Waals surface area contributed by atoms with Gasteiger partial charge in [0.05, 0.1) is 9.82 Å². The minimum atomic E-state index is -3.77. The predicted octanol–water partition coefficient (Wildman–Crippen LogP) is 1.23. The number of benzene rings is 1. The molecule has 1 aromatic carbocycles. The fourth-order valence-electron chi connectivity index (χ4n) is 2.58. The first kappa shape index (κ1) is 19.1. The Kier molecular flexibility index (Phi) is 5.63. The number of nitro groups is 1. The van der Waals surface area contributed by atoms with Crippen LogP contribution in [0, 0.1) is 10.1 Å². The summed E-state index contributed by atoms with van der Waals surface area (Å²) in [5.41, 5.74) is -0.487. The van der Waals surface area contributed by atoms with E-state index in [9.17, 15) is 23.3 Å². The van der Waals surface area contributed by atoms with Gasteiger partial charge in [-0.2, -0.15) is 4.31 Å². The zero-order valence-corrected chi connectivity index (χ0v) is 15.2. The topological polar surface area (TPSA) is 110 Å². The molecule has 10 heteroatoms. The van der Waals surface area contributed by atoms with Crippen molar-refractivity contribution in [2.75, 3.05) is 27.2 Å². The Hall–Kier alpha value is -2.20. The van der Waals surface area contributed by atoms with E-state index in [2.05, 4.69) is 0 Å². The van der Waals surface area contributed by atoms with Crippen LogP contribution in [0.15, 0.2) is 23.1 Å². The summed E-state index contributed by atoms with van der Waals surface area (Å²) in [7, 11) is -0.684. The smallest absolute Gasteiger partial charge is 0.312 e. The monoisotopic (exact) mass is 371 g/mol. The van der Waals surface area contributed by atoms with Crippen LogP contribution in [0.4, 0.5) is 5.69 Å². The minimum absolute atomic E-state index is 0.145. The second kappa shape index (κ2) is 7.36. The molecule has 1 atom stereocenters. The van der Waals surface area contributed by atoms with Crippen molar-refractivity contribution in [3.8, 4) is 5.75 Å². The fraction of sp³-hybridized carbons (Fsp3) is 0.533. The molecule has 1 aliphatic rings. The van der Waals surface area contributed by atoms with Crippen molar-refractivity contribution in [1.29, 1.82) is 0 Å². The van der Waals surface area contributed by atoms with Gasteiger partial charge < -0.3 is 9.64 Å². The van der Waals surface area contributed by atoms with Crippen LogP contribution in [-0.4, -0.2) is 61.7 Å². The third-order valence-electron chi connectivity index (χ3n) is 3.92. The Bertz CT molecular complexity index is 771. The third-order valence-corrected chi connectivity index (χ3v) is 5.82. The summed E-state index contributed by atoms with van der Waals surface area (Å²) in [5.74, 6) is -0.504. The molecule has 0 aromatic heterocycles. The maximum Gasteiger partial charge on any atom is 0.312 e. The standard InChI is InChI=1S/C15H21N3O6S/c1-11(15(19)16(2)3)24-14-7-6-12(10-13(14)18(20)21)25(22,23)17-8-4-5-9-17/h6-7,10-11H,4-5,8-9H2,1-3H3/t11-/m1/s1. The number of carbonyl (C=O) groups excluding carboxylic acids is 1. The van der Waals surface area contributed by atoms with Crippen molar-refractivity contribution >= 4 is 21.6 Å². The quantitative estimate of drug-likeness (QED) is 0.549. The van der Waals surface area contributed by atoms with Crippen molar-refractivity contribution in [1.82, 2.24) is 9.21 Å². The molecule has 1 aliphatic heterocycles. The molecule has 0 aliphatic carbocycles. The lowest BCUT2D eigenvalue weighted by Crippen LogP contribution is -2.35. The van der Waals surface area contributed by atoms with E-state index < -0.39 is 26.7 Å². The lowest BCUT2D eigenvalue weighted by Gasteiger charge is -2.19. The van der Waals surface area contributed by atoms with Crippen molar-refractivity contribution < 1.29 is 22.9 Å². The molecule has 0 spiro atoms. The van der Waals surface area contributed by atoms with Gasteiger partial charge in [-0.3, -0.25) is 14.9 Å². The highest BCUT2D eigenvalue weighted by atomic mass is 32.2. The molecule has 0 N–H and O–H groups in total. The van der Waals surface area contributed by atoms with Gasteiger partial charge in [0.15, 0.2) is 11.9 Å². The Morgan fingerprint density at radius 3 is 2.44 bits per heavy atom. The molecule has 1 fully saturated rings. The molecular weight excluding hydrogens is 350 g/mol. The molecule has 1 aromatic rings. The number of nitro benzene ring substituents is 1. The Morgan fingerprint density at radius 1 is 1.32 bits per heavy atom. The van der Waals surface area contributed by atoms with Gasteiger partial charge >= 0.3 is 5.69 Å². The van der Waals surface area contributed by atoms with Gasteiger partial charge in [-0.1, -0.05) is 0 Å². The number of sulfonamides is 1. The highest BCUT2D eigenvalue weighted by Gasteiger charge is 2.30. The molecule has 0 bridgehead atoms. The molecule has 1 heterocycles. The summed E-state index contributed by atoms with van der Waals surface area (Å²) in [6.07, 6.45) is 0.606. The van der Waals surface area contributed by atoms with E-state index in [0.29, 0.717) is 13.1 Å². The SMILES string of the molecule is C[C@@H](Oc1ccc(S(=O)(=O)N2CCCC2)cc1[N+](=O)[O-])C(=O)N(C)C. The van der Waals surface area contributed by atoms with E-state index >= 15 is 0 Å². The van der Waals surface area contributed by atoms with Gasteiger partial charge in [0, 0.05) is 33.3 Å². The lowest BCUT2D eigenvalue weighted by atomic mass is 10.3. The fourth-order valence-corrected chi connectivity index (χ4v) is 4.12. The van der Waals surface area contributed by atoms with Gasteiger partial charge in [-0.25, -0.2) is 8.42 Å². The number of nitrogens with zero attached hydrogens (tertiary/aromatic N) is 3. The molecule has 138 valence electrons. The van der Waals surface area contributed by atoms with Gasteiger partial charge in [0.1, 0.15) is 0 Å². The number of carbonyl (C=O) groups is 1. The first-order valence-corrected chi connectivity index (χ1v) is 9.25. The number of hydrogen-bond donors (Lipinski definition) is 0. The predicted molar refractivity (Wildman–Crippen MR) is 89.9 cm³/mol. The summed E-state index contributed by atoms with van der Waals surface area (Å²) in [5, 5.41) is 11.3. The summed E-state index contributed by atoms with van der Waals surface area (Å²) < 4.78 is 31.8. The minimum Gasteiger partial charge on any atom is -0.474 e. The summed E-state index contributed by atoms with van der Waals surface area (Å²) in [6.45, 7) is 2.28. The van der Waals surface area contributed by atoms with E-state index in [1.54, 1.807) is 14.1 Å². The first-order valence-electron chi connectivity index (χ1n) is 7.81. The highest BCUT2D eigenvalue weighted by Crippen LogP contribution is 2.32. The van der Waals surface area contributed by atoms with Crippen LogP contribution >= 0.6 is 0 Å². The number of amides is 1. The van der Waals surface area contributed by atoms with E-state index in [1.807, 2.05) is 0 Å². The van der Waals surface area contributed by atoms with E-state index in [1.165, 1.54) is 28.3 Å². The molecule has 0 radical (unpaired) electrons. The molecule has 2 rings (SSSR count). The third kappa shape index (κ3) is 4.07. The van der Waals surface area contributed by atoms with E-state index in [-0.39, 0.29) is 16.6 Å². The molecule has 1 amide bonds. The zero-order valence-electron chi connectivity index (χ0n) is 14.3. The maximum atomic E-state index is 12.5. The van der Waals surface area contributed by atoms with Crippen LogP contribution in [0.25, 0.3) is 0 Å². The van der Waals surface area contributed by atoms with Crippen LogP contribution in [0.2, 0.25) is 0 Å². The summed E-state index contributed by atoms with van der Waals surface area (Å²) >= 11 is 0. The molecule has 1 saturated heterocycles. The molecule has 9 nitrogen and oxygen atoms in total. The van der Waals surface area contributed by atoms with Gasteiger partial charge in [-0.05, 0) is 31.9 Å². The second-order valence-corrected chi connectivity index (χ2v) is 7.93. The molecule has 0 unspecified atom stereocenters. The second-order valence-electron chi connectivity index (χ2n) is 5.99. The van der Waals surface area contributed by atoms with Gasteiger partial charge in [0.25, 0.3) is 5.91 Å². The van der Waals surface area contributed by atoms with Crippen LogP contribution in [0.5, 0.6) is 5.75 Å². The first-order chi connectivity index (χ1) is 11.6. The molecular formula is C15H21N3O6S. The van der Waals surface area contributed by atoms with Crippen LogP contribution in [0.1, 0.15) is 19.8 Å². The van der Waals surface area contributed by atoms with Crippen molar-refractivity contribution in [3.63, 3.8) is 0 Å². The van der Waals surface area contributed by atoms with Crippen LogP contribution < -0.4 is 4.74 Å². The van der Waals surface area contributed by atoms with Gasteiger partial charge in [-0.15, -0.1) is 0 Å².